The van der Waals surface area contributed by atoms with E-state index in [9.17, 15) is 9.59 Å². The number of ether oxygens (including phenoxy) is 1. The molecule has 0 saturated heterocycles. The molecule has 0 unspecified atom stereocenters. The number of aromatic nitrogens is 2. The van der Waals surface area contributed by atoms with Crippen LogP contribution >= 0.6 is 11.8 Å². The van der Waals surface area contributed by atoms with Crippen LogP contribution in [-0.4, -0.2) is 34.1 Å². The topological polar surface area (TPSA) is 69.2 Å². The first kappa shape index (κ1) is 14.6. The molecule has 0 N–H and O–H groups in total. The third-order valence-corrected chi connectivity index (χ3v) is 3.29. The maximum atomic E-state index is 12.0. The zero-order valence-corrected chi connectivity index (χ0v) is 11.5. The highest BCUT2D eigenvalue weighted by Crippen LogP contribution is 2.23. The van der Waals surface area contributed by atoms with Crippen LogP contribution in [0.15, 0.2) is 23.6 Å². The van der Waals surface area contributed by atoms with Crippen molar-refractivity contribution in [3.05, 3.63) is 18.6 Å². The van der Waals surface area contributed by atoms with Crippen LogP contribution in [0.4, 0.5) is 0 Å². The number of Topliss-reactive ketones (excluding diaryl/α,β-unsaturated/α-hetero) is 1. The number of carbonyl (C=O) groups excluding carboxylic acids is 2. The zero-order chi connectivity index (χ0) is 13.6. The van der Waals surface area contributed by atoms with Crippen LogP contribution < -0.4 is 0 Å². The van der Waals surface area contributed by atoms with Gasteiger partial charge in [-0.05, 0) is 20.8 Å². The van der Waals surface area contributed by atoms with Crippen molar-refractivity contribution in [2.45, 2.75) is 25.8 Å². The zero-order valence-electron chi connectivity index (χ0n) is 10.7. The van der Waals surface area contributed by atoms with Crippen molar-refractivity contribution in [2.24, 2.45) is 5.41 Å². The van der Waals surface area contributed by atoms with Gasteiger partial charge in [-0.3, -0.25) is 14.6 Å². The third-order valence-electron chi connectivity index (χ3n) is 2.37. The maximum absolute atomic E-state index is 12.0. The van der Waals surface area contributed by atoms with Gasteiger partial charge in [0.25, 0.3) is 0 Å². The highest BCUT2D eigenvalue weighted by molar-refractivity contribution is 7.99. The van der Waals surface area contributed by atoms with Crippen molar-refractivity contribution in [1.29, 1.82) is 0 Å². The number of hydrogen-bond donors (Lipinski definition) is 0. The summed E-state index contributed by atoms with van der Waals surface area (Å²) in [5.74, 6) is -0.504. The number of nitrogens with zero attached hydrogens (tertiary/aromatic N) is 2. The summed E-state index contributed by atoms with van der Waals surface area (Å²) in [5.41, 5.74) is -1.12. The molecule has 1 heterocycles. The molecule has 98 valence electrons. The van der Waals surface area contributed by atoms with Crippen molar-refractivity contribution in [3.8, 4) is 0 Å². The fraction of sp³-hybridized carbons (Fsp3) is 0.500. The van der Waals surface area contributed by atoms with Gasteiger partial charge in [0.1, 0.15) is 10.4 Å². The Balaban J connectivity index is 2.57. The summed E-state index contributed by atoms with van der Waals surface area (Å²) < 4.78 is 4.88. The molecule has 0 atom stereocenters. The van der Waals surface area contributed by atoms with Gasteiger partial charge in [0.2, 0.25) is 0 Å². The van der Waals surface area contributed by atoms with Crippen molar-refractivity contribution in [2.75, 3.05) is 12.4 Å². The van der Waals surface area contributed by atoms with Crippen molar-refractivity contribution >= 4 is 23.5 Å². The quantitative estimate of drug-likeness (QED) is 0.444. The smallest absolute Gasteiger partial charge is 0.319 e. The lowest BCUT2D eigenvalue weighted by molar-refractivity contribution is -0.157. The molecule has 0 aliphatic carbocycles. The summed E-state index contributed by atoms with van der Waals surface area (Å²) in [6.07, 6.45) is 4.70. The average molecular weight is 268 g/mol. The molecule has 6 heteroatoms. The first-order valence-electron chi connectivity index (χ1n) is 5.57. The second kappa shape index (κ2) is 6.49. The molecule has 0 spiro atoms. The highest BCUT2D eigenvalue weighted by Gasteiger charge is 2.36. The van der Waals surface area contributed by atoms with Gasteiger partial charge >= 0.3 is 5.97 Å². The summed E-state index contributed by atoms with van der Waals surface area (Å²) in [6, 6.07) is 0. The summed E-state index contributed by atoms with van der Waals surface area (Å²) in [4.78, 5) is 31.6. The van der Waals surface area contributed by atoms with Crippen LogP contribution in [0, 0.1) is 5.41 Å². The molecule has 0 aliphatic heterocycles. The second-order valence-corrected chi connectivity index (χ2v) is 5.10. The highest BCUT2D eigenvalue weighted by atomic mass is 32.2. The first-order chi connectivity index (χ1) is 8.48. The van der Waals surface area contributed by atoms with Crippen molar-refractivity contribution in [3.63, 3.8) is 0 Å². The normalized spacial score (nSPS) is 11.1. The molecular weight excluding hydrogens is 252 g/mol. The lowest BCUT2D eigenvalue weighted by atomic mass is 9.89. The molecule has 1 aromatic heterocycles. The summed E-state index contributed by atoms with van der Waals surface area (Å²) >= 11 is 1.26. The Kier molecular flexibility index (Phi) is 5.27. The number of hydrogen-bond acceptors (Lipinski definition) is 6. The summed E-state index contributed by atoms with van der Waals surface area (Å²) in [7, 11) is 0. The first-order valence-corrected chi connectivity index (χ1v) is 6.56. The lowest BCUT2D eigenvalue weighted by Crippen LogP contribution is -2.36. The Labute approximate surface area is 110 Å². The standard InChI is InChI=1S/C12H16N2O3S/c1-4-17-11(16)12(2,3)9(15)8-18-10-7-13-5-6-14-10/h5-7H,4,8H2,1-3H3. The molecule has 0 aromatic carbocycles. The fourth-order valence-corrected chi connectivity index (χ4v) is 2.02. The van der Waals surface area contributed by atoms with Gasteiger partial charge in [-0.25, -0.2) is 4.98 Å². The van der Waals surface area contributed by atoms with Gasteiger partial charge < -0.3 is 4.74 Å². The number of esters is 1. The molecule has 1 aromatic rings. The molecular formula is C12H16N2O3S. The van der Waals surface area contributed by atoms with Crippen LogP contribution in [0.5, 0.6) is 0 Å². The summed E-state index contributed by atoms with van der Waals surface area (Å²) in [6.45, 7) is 5.13. The van der Waals surface area contributed by atoms with Gasteiger partial charge in [0.05, 0.1) is 18.6 Å². The third kappa shape index (κ3) is 3.80. The Bertz CT molecular complexity index is 421. The van der Waals surface area contributed by atoms with Gasteiger partial charge in [-0.15, -0.1) is 0 Å². The Morgan fingerprint density at radius 1 is 1.39 bits per heavy atom. The van der Waals surface area contributed by atoms with Crippen LogP contribution in [0.1, 0.15) is 20.8 Å². The monoisotopic (exact) mass is 268 g/mol. The van der Waals surface area contributed by atoms with Crippen LogP contribution in [0.3, 0.4) is 0 Å². The van der Waals surface area contributed by atoms with Crippen molar-refractivity contribution in [1.82, 2.24) is 9.97 Å². The SMILES string of the molecule is CCOC(=O)C(C)(C)C(=O)CSc1cnccn1. The lowest BCUT2D eigenvalue weighted by Gasteiger charge is -2.20. The largest absolute Gasteiger partial charge is 0.465 e. The van der Waals surface area contributed by atoms with Crippen molar-refractivity contribution < 1.29 is 14.3 Å². The summed E-state index contributed by atoms with van der Waals surface area (Å²) in [5, 5.41) is 0.658. The van der Waals surface area contributed by atoms with E-state index in [1.54, 1.807) is 39.4 Å². The van der Waals surface area contributed by atoms with Gasteiger partial charge in [0.15, 0.2) is 5.78 Å². The fourth-order valence-electron chi connectivity index (χ4n) is 1.11. The van der Waals surface area contributed by atoms with Gasteiger partial charge in [0, 0.05) is 12.4 Å². The number of thioether (sulfide) groups is 1. The van der Waals surface area contributed by atoms with E-state index in [0.717, 1.165) is 0 Å². The van der Waals surface area contributed by atoms with E-state index in [1.165, 1.54) is 11.8 Å². The molecule has 18 heavy (non-hydrogen) atoms. The molecule has 0 fully saturated rings. The molecule has 0 amide bonds. The number of ketones is 1. The molecule has 5 nitrogen and oxygen atoms in total. The van der Waals surface area contributed by atoms with E-state index in [0.29, 0.717) is 5.03 Å². The Morgan fingerprint density at radius 3 is 2.67 bits per heavy atom. The molecule has 0 radical (unpaired) electrons. The van der Waals surface area contributed by atoms with E-state index in [4.69, 9.17) is 4.74 Å². The van der Waals surface area contributed by atoms with E-state index < -0.39 is 11.4 Å². The molecule has 1 rings (SSSR count). The van der Waals surface area contributed by atoms with E-state index in [-0.39, 0.29) is 18.1 Å². The molecule has 0 bridgehead atoms. The Hall–Kier alpha value is -1.43. The molecule has 0 saturated carbocycles. The predicted octanol–water partition coefficient (Wildman–Crippen LogP) is 1.73. The predicted molar refractivity (Wildman–Crippen MR) is 68.2 cm³/mol. The minimum atomic E-state index is -1.12. The minimum absolute atomic E-state index is 0.171. The van der Waals surface area contributed by atoms with Gasteiger partial charge in [-0.1, -0.05) is 11.8 Å². The molecule has 0 aliphatic rings. The van der Waals surface area contributed by atoms with Crippen LogP contribution in [0.25, 0.3) is 0 Å². The average Bonchev–Trinajstić information content (AvgIpc) is 2.37. The van der Waals surface area contributed by atoms with Crippen LogP contribution in [-0.2, 0) is 14.3 Å². The maximum Gasteiger partial charge on any atom is 0.319 e. The van der Waals surface area contributed by atoms with Gasteiger partial charge in [-0.2, -0.15) is 0 Å². The van der Waals surface area contributed by atoms with E-state index >= 15 is 0 Å². The van der Waals surface area contributed by atoms with E-state index in [2.05, 4.69) is 9.97 Å². The van der Waals surface area contributed by atoms with E-state index in [1.807, 2.05) is 0 Å². The second-order valence-electron chi connectivity index (χ2n) is 4.10. The van der Waals surface area contributed by atoms with Crippen LogP contribution in [0.2, 0.25) is 0 Å². The number of rotatable bonds is 6. The Morgan fingerprint density at radius 2 is 2.11 bits per heavy atom. The minimum Gasteiger partial charge on any atom is -0.465 e. The number of carbonyl (C=O) groups is 2.